The maximum absolute atomic E-state index is 10.9. The zero-order valence-corrected chi connectivity index (χ0v) is 10.9. The van der Waals surface area contributed by atoms with Gasteiger partial charge in [-0.2, -0.15) is 0 Å². The summed E-state index contributed by atoms with van der Waals surface area (Å²) in [6, 6.07) is 8.54. The predicted octanol–water partition coefficient (Wildman–Crippen LogP) is 1.78. The van der Waals surface area contributed by atoms with E-state index in [1.165, 1.54) is 11.1 Å². The molecule has 0 heterocycles. The van der Waals surface area contributed by atoms with Crippen LogP contribution in [0.3, 0.4) is 0 Å². The molecule has 0 aromatic heterocycles. The minimum atomic E-state index is -0.299. The number of carbonyl (C=O) groups is 1. The number of nitrogens with one attached hydrogen (secondary N) is 1. The van der Waals surface area contributed by atoms with E-state index in [0.29, 0.717) is 0 Å². The zero-order valence-electron chi connectivity index (χ0n) is 10.9. The normalized spacial score (nSPS) is 14.3. The van der Waals surface area contributed by atoms with E-state index < -0.39 is 0 Å². The summed E-state index contributed by atoms with van der Waals surface area (Å²) in [6.45, 7) is 5.97. The third-order valence-corrected chi connectivity index (χ3v) is 2.91. The van der Waals surface area contributed by atoms with E-state index in [1.54, 1.807) is 6.92 Å². The van der Waals surface area contributed by atoms with Crippen molar-refractivity contribution in [2.75, 3.05) is 0 Å². The number of hydrogen-bond donors (Lipinski definition) is 2. The van der Waals surface area contributed by atoms with Crippen LogP contribution < -0.4 is 11.1 Å². The molecule has 1 aromatic carbocycles. The Hall–Kier alpha value is -1.35. The number of primary amides is 1. The first-order valence-corrected chi connectivity index (χ1v) is 6.10. The van der Waals surface area contributed by atoms with E-state index in [0.717, 1.165) is 12.8 Å². The lowest BCUT2D eigenvalue weighted by Crippen LogP contribution is -2.43. The molecule has 0 spiro atoms. The van der Waals surface area contributed by atoms with Crippen LogP contribution in [0.15, 0.2) is 24.3 Å². The topological polar surface area (TPSA) is 55.1 Å². The predicted molar refractivity (Wildman–Crippen MR) is 70.8 cm³/mol. The molecule has 0 saturated heterocycles. The van der Waals surface area contributed by atoms with Crippen molar-refractivity contribution in [1.29, 1.82) is 0 Å². The van der Waals surface area contributed by atoms with Crippen molar-refractivity contribution >= 4 is 5.91 Å². The van der Waals surface area contributed by atoms with Crippen LogP contribution in [0.5, 0.6) is 0 Å². The Morgan fingerprint density at radius 2 is 2.12 bits per heavy atom. The summed E-state index contributed by atoms with van der Waals surface area (Å²) < 4.78 is 0. The molecule has 0 aliphatic rings. The van der Waals surface area contributed by atoms with Crippen molar-refractivity contribution in [3.63, 3.8) is 0 Å². The summed E-state index contributed by atoms with van der Waals surface area (Å²) >= 11 is 0. The second-order valence-corrected chi connectivity index (χ2v) is 4.72. The fourth-order valence-corrected chi connectivity index (χ4v) is 1.84. The van der Waals surface area contributed by atoms with E-state index in [-0.39, 0.29) is 18.0 Å². The highest BCUT2D eigenvalue weighted by Gasteiger charge is 2.11. The van der Waals surface area contributed by atoms with Crippen molar-refractivity contribution in [1.82, 2.24) is 5.32 Å². The zero-order chi connectivity index (χ0) is 12.8. The Morgan fingerprint density at radius 1 is 1.41 bits per heavy atom. The Labute approximate surface area is 103 Å². The Balaban J connectivity index is 2.38. The molecule has 2 unspecified atom stereocenters. The molecule has 3 N–H and O–H groups in total. The van der Waals surface area contributed by atoms with Crippen LogP contribution in [0, 0.1) is 6.92 Å². The fourth-order valence-electron chi connectivity index (χ4n) is 1.84. The Morgan fingerprint density at radius 3 is 2.71 bits per heavy atom. The van der Waals surface area contributed by atoms with E-state index in [2.05, 4.69) is 43.4 Å². The van der Waals surface area contributed by atoms with Crippen molar-refractivity contribution in [3.8, 4) is 0 Å². The van der Waals surface area contributed by atoms with Gasteiger partial charge in [-0.15, -0.1) is 0 Å². The average molecular weight is 234 g/mol. The van der Waals surface area contributed by atoms with Gasteiger partial charge < -0.3 is 11.1 Å². The molecule has 0 bridgehead atoms. The van der Waals surface area contributed by atoms with E-state index in [4.69, 9.17) is 5.73 Å². The van der Waals surface area contributed by atoms with Crippen molar-refractivity contribution < 1.29 is 4.79 Å². The minimum Gasteiger partial charge on any atom is -0.368 e. The van der Waals surface area contributed by atoms with E-state index in [1.807, 2.05) is 0 Å². The van der Waals surface area contributed by atoms with Crippen LogP contribution in [-0.2, 0) is 11.2 Å². The van der Waals surface area contributed by atoms with Gasteiger partial charge in [0.05, 0.1) is 6.04 Å². The van der Waals surface area contributed by atoms with Gasteiger partial charge in [-0.3, -0.25) is 4.79 Å². The minimum absolute atomic E-state index is 0.262. The lowest BCUT2D eigenvalue weighted by Gasteiger charge is -2.17. The number of hydrogen-bond acceptors (Lipinski definition) is 2. The van der Waals surface area contributed by atoms with Gasteiger partial charge in [0.2, 0.25) is 5.91 Å². The van der Waals surface area contributed by atoms with Gasteiger partial charge in [-0.05, 0) is 39.2 Å². The summed E-state index contributed by atoms with van der Waals surface area (Å²) in [5.41, 5.74) is 7.83. The summed E-state index contributed by atoms with van der Waals surface area (Å²) in [7, 11) is 0. The molecule has 1 rings (SSSR count). The van der Waals surface area contributed by atoms with Crippen LogP contribution in [0.2, 0.25) is 0 Å². The first-order valence-electron chi connectivity index (χ1n) is 6.10. The molecule has 0 aliphatic heterocycles. The Kier molecular flexibility index (Phi) is 5.16. The molecular formula is C14H22N2O. The fraction of sp³-hybridized carbons (Fsp3) is 0.500. The smallest absolute Gasteiger partial charge is 0.234 e. The number of rotatable bonds is 6. The van der Waals surface area contributed by atoms with E-state index >= 15 is 0 Å². The molecule has 0 fully saturated rings. The molecule has 0 aliphatic carbocycles. The number of benzene rings is 1. The molecule has 2 atom stereocenters. The number of carbonyl (C=O) groups excluding carboxylic acids is 1. The molecular weight excluding hydrogens is 212 g/mol. The number of nitrogens with two attached hydrogens (primary N) is 1. The molecule has 3 heteroatoms. The SMILES string of the molecule is Cc1cccc(CCC(C)NC(C)C(N)=O)c1. The van der Waals surface area contributed by atoms with Crippen molar-refractivity contribution in [3.05, 3.63) is 35.4 Å². The lowest BCUT2D eigenvalue weighted by molar-refractivity contribution is -0.119. The van der Waals surface area contributed by atoms with Gasteiger partial charge in [-0.1, -0.05) is 29.8 Å². The van der Waals surface area contributed by atoms with Crippen molar-refractivity contribution in [2.24, 2.45) is 5.73 Å². The largest absolute Gasteiger partial charge is 0.368 e. The van der Waals surface area contributed by atoms with Crippen LogP contribution in [-0.4, -0.2) is 18.0 Å². The summed E-state index contributed by atoms with van der Waals surface area (Å²) in [6.07, 6.45) is 2.02. The standard InChI is InChI=1S/C14H22N2O/c1-10-5-4-6-13(9-10)8-7-11(2)16-12(3)14(15)17/h4-6,9,11-12,16H,7-8H2,1-3H3,(H2,15,17). The van der Waals surface area contributed by atoms with Gasteiger partial charge in [0.25, 0.3) is 0 Å². The third kappa shape index (κ3) is 5.00. The molecule has 0 radical (unpaired) electrons. The maximum Gasteiger partial charge on any atom is 0.234 e. The van der Waals surface area contributed by atoms with Crippen LogP contribution in [0.1, 0.15) is 31.4 Å². The summed E-state index contributed by atoms with van der Waals surface area (Å²) in [5, 5.41) is 3.19. The summed E-state index contributed by atoms with van der Waals surface area (Å²) in [5.74, 6) is -0.299. The van der Waals surface area contributed by atoms with Crippen LogP contribution in [0.4, 0.5) is 0 Å². The second-order valence-electron chi connectivity index (χ2n) is 4.72. The Bertz CT molecular complexity index is 376. The summed E-state index contributed by atoms with van der Waals surface area (Å²) in [4.78, 5) is 10.9. The molecule has 0 saturated carbocycles. The molecule has 1 aromatic rings. The van der Waals surface area contributed by atoms with Gasteiger partial charge in [0.15, 0.2) is 0 Å². The highest BCUT2D eigenvalue weighted by Crippen LogP contribution is 2.08. The molecule has 3 nitrogen and oxygen atoms in total. The number of amides is 1. The van der Waals surface area contributed by atoms with E-state index in [9.17, 15) is 4.79 Å². The molecule has 1 amide bonds. The first kappa shape index (κ1) is 13.7. The number of aryl methyl sites for hydroxylation is 2. The quantitative estimate of drug-likeness (QED) is 0.788. The van der Waals surface area contributed by atoms with Gasteiger partial charge in [0.1, 0.15) is 0 Å². The lowest BCUT2D eigenvalue weighted by atomic mass is 10.0. The van der Waals surface area contributed by atoms with Gasteiger partial charge >= 0.3 is 0 Å². The monoisotopic (exact) mass is 234 g/mol. The molecule has 94 valence electrons. The molecule has 17 heavy (non-hydrogen) atoms. The van der Waals surface area contributed by atoms with Crippen LogP contribution >= 0.6 is 0 Å². The highest BCUT2D eigenvalue weighted by molar-refractivity contribution is 5.79. The van der Waals surface area contributed by atoms with Crippen molar-refractivity contribution in [2.45, 2.75) is 45.7 Å². The van der Waals surface area contributed by atoms with Crippen LogP contribution in [0.25, 0.3) is 0 Å². The van der Waals surface area contributed by atoms with Gasteiger partial charge in [-0.25, -0.2) is 0 Å². The maximum atomic E-state index is 10.9. The first-order chi connectivity index (χ1) is 7.99. The second kappa shape index (κ2) is 6.40. The highest BCUT2D eigenvalue weighted by atomic mass is 16.1. The third-order valence-electron chi connectivity index (χ3n) is 2.91. The van der Waals surface area contributed by atoms with Gasteiger partial charge in [0, 0.05) is 6.04 Å². The average Bonchev–Trinajstić information content (AvgIpc) is 2.26.